The molecule has 0 saturated heterocycles. The molecule has 1 aromatic heterocycles. The Hall–Kier alpha value is -3.36. The number of amides is 2. The van der Waals surface area contributed by atoms with Crippen LogP contribution in [0.1, 0.15) is 43.4 Å². The molecule has 1 aromatic carbocycles. The van der Waals surface area contributed by atoms with Gasteiger partial charge in [0.1, 0.15) is 17.4 Å². The third kappa shape index (κ3) is 5.09. The molecular formula is C23H28N2O7. The van der Waals surface area contributed by atoms with Gasteiger partial charge in [-0.25, -0.2) is 9.59 Å². The summed E-state index contributed by atoms with van der Waals surface area (Å²) >= 11 is 0. The lowest BCUT2D eigenvalue weighted by molar-refractivity contribution is -0.143. The maximum Gasteiger partial charge on any atom is 0.339 e. The molecule has 0 aliphatic heterocycles. The molecule has 9 heteroatoms. The summed E-state index contributed by atoms with van der Waals surface area (Å²) in [5.41, 5.74) is 2.47. The Morgan fingerprint density at radius 3 is 2.59 bits per heavy atom. The van der Waals surface area contributed by atoms with Gasteiger partial charge in [-0.2, -0.15) is 0 Å². The smallest absolute Gasteiger partial charge is 0.339 e. The van der Waals surface area contributed by atoms with E-state index in [1.165, 1.54) is 0 Å². The molecule has 0 saturated carbocycles. The number of carbonyl (C=O) groups excluding carboxylic acids is 2. The number of rotatable bonds is 9. The monoisotopic (exact) mass is 444 g/mol. The number of benzene rings is 1. The van der Waals surface area contributed by atoms with Gasteiger partial charge >= 0.3 is 11.6 Å². The molecule has 3 rings (SSSR count). The number of carboxylic acid groups (broad SMARTS) is 1. The van der Waals surface area contributed by atoms with Gasteiger partial charge in [0.15, 0.2) is 6.61 Å². The van der Waals surface area contributed by atoms with Crippen LogP contribution in [0.2, 0.25) is 0 Å². The van der Waals surface area contributed by atoms with E-state index >= 15 is 0 Å². The predicted molar refractivity (Wildman–Crippen MR) is 117 cm³/mol. The van der Waals surface area contributed by atoms with Gasteiger partial charge in [0.2, 0.25) is 5.91 Å². The van der Waals surface area contributed by atoms with Crippen molar-refractivity contribution >= 4 is 28.8 Å². The van der Waals surface area contributed by atoms with Crippen LogP contribution in [0.25, 0.3) is 11.0 Å². The quantitative estimate of drug-likeness (QED) is 0.501. The molecule has 2 atom stereocenters. The fraction of sp³-hybridized carbons (Fsp3) is 0.478. The number of hydrogen-bond donors (Lipinski definition) is 3. The van der Waals surface area contributed by atoms with Crippen molar-refractivity contribution in [2.75, 3.05) is 13.2 Å². The molecule has 0 spiro atoms. The topological polar surface area (TPSA) is 135 Å². The molecule has 32 heavy (non-hydrogen) atoms. The van der Waals surface area contributed by atoms with E-state index in [2.05, 4.69) is 10.6 Å². The molecule has 0 bridgehead atoms. The zero-order chi connectivity index (χ0) is 23.4. The normalized spacial score (nSPS) is 14.5. The van der Waals surface area contributed by atoms with E-state index in [0.29, 0.717) is 35.1 Å². The van der Waals surface area contributed by atoms with E-state index in [1.54, 1.807) is 19.1 Å². The number of aliphatic carboxylic acids is 1. The van der Waals surface area contributed by atoms with E-state index < -0.39 is 23.8 Å². The van der Waals surface area contributed by atoms with Gasteiger partial charge in [-0.15, -0.1) is 0 Å². The number of hydrogen-bond acceptors (Lipinski definition) is 6. The van der Waals surface area contributed by atoms with Gasteiger partial charge < -0.3 is 24.9 Å². The second kappa shape index (κ2) is 9.84. The van der Waals surface area contributed by atoms with Gasteiger partial charge in [-0.1, -0.05) is 20.3 Å². The zero-order valence-electron chi connectivity index (χ0n) is 18.4. The second-order valence-electron chi connectivity index (χ2n) is 8.17. The lowest BCUT2D eigenvalue weighted by Gasteiger charge is -2.20. The summed E-state index contributed by atoms with van der Waals surface area (Å²) in [6.07, 6.45) is 2.84. The van der Waals surface area contributed by atoms with Crippen LogP contribution in [-0.4, -0.2) is 42.1 Å². The third-order valence-electron chi connectivity index (χ3n) is 5.78. The average molecular weight is 444 g/mol. The first-order chi connectivity index (χ1) is 15.2. The van der Waals surface area contributed by atoms with Crippen LogP contribution in [0.15, 0.2) is 21.3 Å². The summed E-state index contributed by atoms with van der Waals surface area (Å²) in [6, 6.07) is 2.53. The maximum absolute atomic E-state index is 12.2. The zero-order valence-corrected chi connectivity index (χ0v) is 18.4. The molecule has 0 unspecified atom stereocenters. The highest BCUT2D eigenvalue weighted by Gasteiger charge is 2.25. The second-order valence-corrected chi connectivity index (χ2v) is 8.17. The lowest BCUT2D eigenvalue weighted by Crippen LogP contribution is -2.48. The van der Waals surface area contributed by atoms with Crippen molar-refractivity contribution in [3.05, 3.63) is 39.2 Å². The van der Waals surface area contributed by atoms with E-state index in [9.17, 15) is 24.3 Å². The minimum absolute atomic E-state index is 0.244. The van der Waals surface area contributed by atoms with Crippen LogP contribution in [0.3, 0.4) is 0 Å². The molecule has 2 aromatic rings. The molecule has 1 aliphatic rings. The Morgan fingerprint density at radius 2 is 1.91 bits per heavy atom. The van der Waals surface area contributed by atoms with E-state index in [-0.39, 0.29) is 24.7 Å². The Labute approximate surface area is 185 Å². The van der Waals surface area contributed by atoms with Crippen molar-refractivity contribution < 1.29 is 28.6 Å². The predicted octanol–water partition coefficient (Wildman–Crippen LogP) is 1.70. The van der Waals surface area contributed by atoms with Crippen LogP contribution >= 0.6 is 0 Å². The summed E-state index contributed by atoms with van der Waals surface area (Å²) in [4.78, 5) is 47.8. The van der Waals surface area contributed by atoms with Crippen LogP contribution in [0.4, 0.5) is 0 Å². The number of aryl methyl sites for hydroxylation is 2. The molecule has 1 heterocycles. The number of carboxylic acids is 1. The summed E-state index contributed by atoms with van der Waals surface area (Å²) in [7, 11) is 0. The van der Waals surface area contributed by atoms with Crippen LogP contribution in [-0.2, 0) is 27.2 Å². The summed E-state index contributed by atoms with van der Waals surface area (Å²) in [6.45, 7) is 4.70. The summed E-state index contributed by atoms with van der Waals surface area (Å²) in [5.74, 6) is -2.03. The fourth-order valence-corrected chi connectivity index (χ4v) is 3.90. The van der Waals surface area contributed by atoms with Crippen molar-refractivity contribution in [2.24, 2.45) is 5.92 Å². The summed E-state index contributed by atoms with van der Waals surface area (Å²) in [5, 5.41) is 14.8. The highest BCUT2D eigenvalue weighted by molar-refractivity contribution is 5.90. The van der Waals surface area contributed by atoms with E-state index in [4.69, 9.17) is 9.15 Å². The van der Waals surface area contributed by atoms with Crippen molar-refractivity contribution in [1.29, 1.82) is 0 Å². The van der Waals surface area contributed by atoms with E-state index in [0.717, 1.165) is 24.0 Å². The number of ether oxygens (including phenoxy) is 1. The first kappa shape index (κ1) is 23.3. The van der Waals surface area contributed by atoms with Gasteiger partial charge in [0.25, 0.3) is 5.91 Å². The van der Waals surface area contributed by atoms with Crippen LogP contribution in [0.5, 0.6) is 5.75 Å². The first-order valence-corrected chi connectivity index (χ1v) is 10.7. The Balaban J connectivity index is 1.64. The molecular weight excluding hydrogens is 416 g/mol. The van der Waals surface area contributed by atoms with Gasteiger partial charge in [-0.05, 0) is 55.4 Å². The SMILES string of the molecule is CC[C@H](C)[C@H](NC(=O)CNC(=O)COc1cc(C)cc2oc(=O)c3c(c12)CCC3)C(=O)O. The Kier molecular flexibility index (Phi) is 7.17. The third-order valence-corrected chi connectivity index (χ3v) is 5.78. The fourth-order valence-electron chi connectivity index (χ4n) is 3.90. The average Bonchev–Trinajstić information content (AvgIpc) is 3.23. The first-order valence-electron chi connectivity index (χ1n) is 10.7. The Morgan fingerprint density at radius 1 is 1.19 bits per heavy atom. The van der Waals surface area contributed by atoms with Crippen LogP contribution < -0.4 is 21.0 Å². The van der Waals surface area contributed by atoms with Gasteiger partial charge in [0.05, 0.1) is 11.9 Å². The largest absolute Gasteiger partial charge is 0.483 e. The number of nitrogens with one attached hydrogen (secondary N) is 2. The van der Waals surface area contributed by atoms with Crippen molar-refractivity contribution in [3.8, 4) is 5.75 Å². The molecule has 0 radical (unpaired) electrons. The molecule has 2 amide bonds. The highest BCUT2D eigenvalue weighted by atomic mass is 16.5. The van der Waals surface area contributed by atoms with Gasteiger partial charge in [-0.3, -0.25) is 9.59 Å². The molecule has 1 aliphatic carbocycles. The number of fused-ring (bicyclic) bond motifs is 3. The van der Waals surface area contributed by atoms with Gasteiger partial charge in [0, 0.05) is 5.56 Å². The number of carbonyl (C=O) groups is 3. The highest BCUT2D eigenvalue weighted by Crippen LogP contribution is 2.35. The lowest BCUT2D eigenvalue weighted by atomic mass is 9.99. The molecule has 3 N–H and O–H groups in total. The van der Waals surface area contributed by atoms with Crippen molar-refractivity contribution in [2.45, 2.75) is 52.5 Å². The molecule has 0 fully saturated rings. The minimum Gasteiger partial charge on any atom is -0.483 e. The van der Waals surface area contributed by atoms with Crippen molar-refractivity contribution in [1.82, 2.24) is 10.6 Å². The molecule has 9 nitrogen and oxygen atoms in total. The standard InChI is InChI=1S/C23H28N2O7/c1-4-13(3)21(22(28)29)25-18(26)10-24-19(27)11-31-16-8-12(2)9-17-20(16)14-6-5-7-15(14)23(30)32-17/h8-9,13,21H,4-7,10-11H2,1-3H3,(H,24,27)(H,25,26)(H,28,29)/t13-,21-/m0/s1. The van der Waals surface area contributed by atoms with Crippen LogP contribution in [0, 0.1) is 12.8 Å². The maximum atomic E-state index is 12.2. The minimum atomic E-state index is -1.12. The molecule has 172 valence electrons. The summed E-state index contributed by atoms with van der Waals surface area (Å²) < 4.78 is 11.2. The Bertz CT molecular complexity index is 1110. The van der Waals surface area contributed by atoms with E-state index in [1.807, 2.05) is 13.8 Å². The van der Waals surface area contributed by atoms with Crippen molar-refractivity contribution in [3.63, 3.8) is 0 Å².